The summed E-state index contributed by atoms with van der Waals surface area (Å²) in [6, 6.07) is 2.60. The summed E-state index contributed by atoms with van der Waals surface area (Å²) in [5.74, 6) is -4.44. The zero-order valence-electron chi connectivity index (χ0n) is 11.7. The number of H-pyrrole nitrogens is 1. The number of pyridine rings is 1. The number of carbonyl (C=O) groups is 2. The van der Waals surface area contributed by atoms with Crippen LogP contribution in [0.25, 0.3) is 11.1 Å². The van der Waals surface area contributed by atoms with Crippen molar-refractivity contribution in [3.63, 3.8) is 0 Å². The number of hydrogen-bond acceptors (Lipinski definition) is 4. The highest BCUT2D eigenvalue weighted by molar-refractivity contribution is 9.10. The van der Waals surface area contributed by atoms with Gasteiger partial charge < -0.3 is 20.9 Å². The van der Waals surface area contributed by atoms with Crippen molar-refractivity contribution in [2.75, 3.05) is 5.73 Å². The zero-order chi connectivity index (χ0) is 18.2. The summed E-state index contributed by atoms with van der Waals surface area (Å²) in [5.41, 5.74) is 2.51. The quantitative estimate of drug-likeness (QED) is 0.515. The number of hydrogen-bond donors (Lipinski definition) is 4. The molecule has 126 valence electrons. The molecule has 0 aliphatic heterocycles. The highest BCUT2D eigenvalue weighted by Gasteiger charge is 2.28. The minimum Gasteiger partial charge on any atom is -0.478 e. The number of benzene rings is 1. The van der Waals surface area contributed by atoms with E-state index >= 15 is 0 Å². The number of halogens is 3. The van der Waals surface area contributed by atoms with Gasteiger partial charge in [-0.1, -0.05) is 22.0 Å². The van der Waals surface area contributed by atoms with Crippen molar-refractivity contribution in [2.24, 2.45) is 0 Å². The molecule has 1 aromatic carbocycles. The van der Waals surface area contributed by atoms with Gasteiger partial charge in [-0.05, 0) is 27.6 Å². The average molecular weight is 464 g/mol. The number of anilines is 1. The Morgan fingerprint density at radius 2 is 1.79 bits per heavy atom. The molecule has 0 bridgehead atoms. The number of carboxylic acids is 2. The number of aromatic nitrogens is 1. The molecule has 2 rings (SSSR count). The fraction of sp³-hybridized carbons (Fsp3) is 0.0714. The first kappa shape index (κ1) is 18.1. The van der Waals surface area contributed by atoms with Crippen molar-refractivity contribution >= 4 is 49.6 Å². The van der Waals surface area contributed by atoms with Crippen LogP contribution in [0.15, 0.2) is 21.4 Å². The van der Waals surface area contributed by atoms with Gasteiger partial charge in [0, 0.05) is 16.5 Å². The minimum absolute atomic E-state index is 0.0145. The molecule has 0 radical (unpaired) electrons. The Labute approximate surface area is 150 Å². The van der Waals surface area contributed by atoms with E-state index in [9.17, 15) is 29.0 Å². The average Bonchev–Trinajstić information content (AvgIpc) is 2.48. The second-order valence-corrected chi connectivity index (χ2v) is 6.04. The molecule has 0 fully saturated rings. The van der Waals surface area contributed by atoms with E-state index in [0.717, 1.165) is 0 Å². The van der Waals surface area contributed by atoms with E-state index in [4.69, 9.17) is 5.73 Å². The first-order chi connectivity index (χ1) is 11.2. The maximum absolute atomic E-state index is 14.3. The van der Waals surface area contributed by atoms with Crippen molar-refractivity contribution in [2.45, 2.75) is 5.33 Å². The molecule has 5 N–H and O–H groups in total. The molecule has 0 amide bonds. The number of aromatic carboxylic acids is 2. The topological polar surface area (TPSA) is 133 Å². The molecule has 10 heteroatoms. The van der Waals surface area contributed by atoms with Crippen LogP contribution in [-0.2, 0) is 5.33 Å². The summed E-state index contributed by atoms with van der Waals surface area (Å²) < 4.78 is 14.4. The van der Waals surface area contributed by atoms with Gasteiger partial charge >= 0.3 is 11.9 Å². The lowest BCUT2D eigenvalue weighted by Gasteiger charge is -2.15. The van der Waals surface area contributed by atoms with Crippen LogP contribution in [0.2, 0.25) is 0 Å². The largest absolute Gasteiger partial charge is 0.478 e. The number of rotatable bonds is 4. The fourth-order valence-corrected chi connectivity index (χ4v) is 3.19. The smallest absolute Gasteiger partial charge is 0.342 e. The first-order valence-corrected chi connectivity index (χ1v) is 8.17. The van der Waals surface area contributed by atoms with E-state index in [0.29, 0.717) is 0 Å². The van der Waals surface area contributed by atoms with E-state index in [-0.39, 0.29) is 20.9 Å². The fourth-order valence-electron chi connectivity index (χ4n) is 2.27. The van der Waals surface area contributed by atoms with Crippen LogP contribution in [0.5, 0.6) is 0 Å². The number of nitrogens with one attached hydrogen (secondary N) is 1. The lowest BCUT2D eigenvalue weighted by atomic mass is 9.92. The van der Waals surface area contributed by atoms with Crippen LogP contribution in [0.3, 0.4) is 0 Å². The molecule has 0 saturated carbocycles. The summed E-state index contributed by atoms with van der Waals surface area (Å²) in [6.07, 6.45) is 0. The normalized spacial score (nSPS) is 10.6. The molecule has 0 aliphatic rings. The third kappa shape index (κ3) is 2.94. The Balaban J connectivity index is 3.09. The van der Waals surface area contributed by atoms with E-state index in [2.05, 4.69) is 31.9 Å². The van der Waals surface area contributed by atoms with Gasteiger partial charge in [-0.2, -0.15) is 0 Å². The van der Waals surface area contributed by atoms with Crippen LogP contribution >= 0.6 is 31.9 Å². The maximum atomic E-state index is 14.3. The van der Waals surface area contributed by atoms with Gasteiger partial charge in [0.1, 0.15) is 22.8 Å². The molecule has 0 aliphatic carbocycles. The minimum atomic E-state index is -1.66. The second kappa shape index (κ2) is 6.73. The Hall–Kier alpha value is -2.20. The summed E-state index contributed by atoms with van der Waals surface area (Å²) in [5, 5.41) is 18.7. The monoisotopic (exact) mass is 462 g/mol. The number of nitrogens with two attached hydrogens (primary N) is 1. The van der Waals surface area contributed by atoms with Crippen LogP contribution in [0.4, 0.5) is 10.2 Å². The molecule has 24 heavy (non-hydrogen) atoms. The van der Waals surface area contributed by atoms with Crippen molar-refractivity contribution in [1.82, 2.24) is 4.98 Å². The Kier molecular flexibility index (Phi) is 5.09. The Bertz CT molecular complexity index is 926. The molecular formula is C14H9Br2FN2O5. The Morgan fingerprint density at radius 1 is 1.21 bits per heavy atom. The molecule has 0 unspecified atom stereocenters. The number of carboxylic acid groups (broad SMARTS) is 2. The standard InChI is InChI=1S/C14H9Br2FN2O5/c15-3-5-4(1-2-6(16)10(5)17)7-8(13(21)22)11(18)19-12(20)9(7)14(23)24/h1-2H,3H2,(H,21,22)(H,23,24)(H3,18,19,20). The number of nitrogen functional groups attached to an aromatic ring is 1. The Morgan fingerprint density at radius 3 is 2.29 bits per heavy atom. The molecule has 0 saturated heterocycles. The van der Waals surface area contributed by atoms with Gasteiger partial charge in [0.05, 0.1) is 4.47 Å². The van der Waals surface area contributed by atoms with Crippen molar-refractivity contribution < 1.29 is 24.2 Å². The summed E-state index contributed by atoms with van der Waals surface area (Å²) in [7, 11) is 0. The zero-order valence-corrected chi connectivity index (χ0v) is 14.9. The molecule has 0 spiro atoms. The van der Waals surface area contributed by atoms with E-state index in [1.165, 1.54) is 12.1 Å². The van der Waals surface area contributed by atoms with Gasteiger partial charge in [-0.25, -0.2) is 14.0 Å². The van der Waals surface area contributed by atoms with E-state index in [1.807, 2.05) is 4.98 Å². The number of aromatic amines is 1. The van der Waals surface area contributed by atoms with Crippen LogP contribution in [-0.4, -0.2) is 27.1 Å². The third-order valence-electron chi connectivity index (χ3n) is 3.27. The molecule has 0 atom stereocenters. The van der Waals surface area contributed by atoms with Gasteiger partial charge in [-0.3, -0.25) is 4.79 Å². The maximum Gasteiger partial charge on any atom is 0.342 e. The van der Waals surface area contributed by atoms with Crippen molar-refractivity contribution in [1.29, 1.82) is 0 Å². The van der Waals surface area contributed by atoms with Crippen molar-refractivity contribution in [3.05, 3.63) is 49.5 Å². The van der Waals surface area contributed by atoms with E-state index < -0.39 is 45.8 Å². The predicted octanol–water partition coefficient (Wildman–Crippen LogP) is 2.82. The summed E-state index contributed by atoms with van der Waals surface area (Å²) >= 11 is 6.07. The highest BCUT2D eigenvalue weighted by Crippen LogP contribution is 2.36. The molecule has 2 aromatic rings. The van der Waals surface area contributed by atoms with Crippen LogP contribution in [0, 0.1) is 5.82 Å². The SMILES string of the molecule is Nc1[nH]c(=O)c(C(=O)O)c(-c2ccc(Br)c(F)c2CBr)c1C(=O)O. The second-order valence-electron chi connectivity index (χ2n) is 4.62. The van der Waals surface area contributed by atoms with Gasteiger partial charge in [0.2, 0.25) is 0 Å². The van der Waals surface area contributed by atoms with Gasteiger partial charge in [0.25, 0.3) is 5.56 Å². The predicted molar refractivity (Wildman–Crippen MR) is 91.1 cm³/mol. The molecular weight excluding hydrogens is 455 g/mol. The van der Waals surface area contributed by atoms with Gasteiger partial charge in [0.15, 0.2) is 0 Å². The highest BCUT2D eigenvalue weighted by atomic mass is 79.9. The first-order valence-electron chi connectivity index (χ1n) is 6.26. The van der Waals surface area contributed by atoms with Gasteiger partial charge in [-0.15, -0.1) is 0 Å². The van der Waals surface area contributed by atoms with Crippen LogP contribution < -0.4 is 11.3 Å². The summed E-state index contributed by atoms with van der Waals surface area (Å²) in [4.78, 5) is 37.0. The molecule has 7 nitrogen and oxygen atoms in total. The molecule has 1 heterocycles. The lowest BCUT2D eigenvalue weighted by Crippen LogP contribution is -2.24. The summed E-state index contributed by atoms with van der Waals surface area (Å²) in [6.45, 7) is 0. The number of alkyl halides is 1. The third-order valence-corrected chi connectivity index (χ3v) is 4.44. The molecule has 1 aromatic heterocycles. The van der Waals surface area contributed by atoms with Crippen LogP contribution in [0.1, 0.15) is 26.3 Å². The van der Waals surface area contributed by atoms with Crippen molar-refractivity contribution in [3.8, 4) is 11.1 Å². The van der Waals surface area contributed by atoms with E-state index in [1.54, 1.807) is 0 Å². The lowest BCUT2D eigenvalue weighted by molar-refractivity contribution is 0.0695.